The van der Waals surface area contributed by atoms with Gasteiger partial charge in [-0.05, 0) is 26.2 Å². The second-order valence-corrected chi connectivity index (χ2v) is 3.74. The van der Waals surface area contributed by atoms with Crippen molar-refractivity contribution in [1.29, 1.82) is 0 Å². The van der Waals surface area contributed by atoms with Gasteiger partial charge in [-0.15, -0.1) is 0 Å². The summed E-state index contributed by atoms with van der Waals surface area (Å²) in [6.45, 7) is 0.659. The van der Waals surface area contributed by atoms with Gasteiger partial charge in [0.2, 0.25) is 0 Å². The molecule has 4 nitrogen and oxygen atoms in total. The van der Waals surface area contributed by atoms with Gasteiger partial charge in [0, 0.05) is 6.54 Å². The highest BCUT2D eigenvalue weighted by molar-refractivity contribution is 5.71. The molecule has 0 fully saturated rings. The van der Waals surface area contributed by atoms with Crippen molar-refractivity contribution in [1.82, 2.24) is 4.90 Å². The van der Waals surface area contributed by atoms with Crippen LogP contribution in [0.15, 0.2) is 24.3 Å². The van der Waals surface area contributed by atoms with Gasteiger partial charge in [-0.1, -0.05) is 12.1 Å². The van der Waals surface area contributed by atoms with Crippen LogP contribution < -0.4 is 17.1 Å². The van der Waals surface area contributed by atoms with Crippen LogP contribution in [-0.2, 0) is 9.53 Å². The highest BCUT2D eigenvalue weighted by Gasteiger charge is 2.07. The highest BCUT2D eigenvalue weighted by Crippen LogP contribution is 2.14. The zero-order chi connectivity index (χ0) is 12.7. The Labute approximate surface area is 112 Å². The Bertz CT molecular complexity index is 374. The molecule has 0 saturated heterocycles. The molecule has 0 bridgehead atoms. The smallest absolute Gasteiger partial charge is 0.344 e. The molecule has 1 aromatic carbocycles. The lowest BCUT2D eigenvalue weighted by atomic mass is 10.3. The summed E-state index contributed by atoms with van der Waals surface area (Å²) in [4.78, 5) is 13.1. The summed E-state index contributed by atoms with van der Waals surface area (Å²) in [7, 11) is 3.76. The average molecular weight is 277 g/mol. The molecule has 6 heteroatoms. The number of benzene rings is 1. The van der Waals surface area contributed by atoms with E-state index < -0.39 is 11.8 Å². The van der Waals surface area contributed by atoms with Gasteiger partial charge in [-0.25, -0.2) is 9.18 Å². The maximum absolute atomic E-state index is 13.1. The van der Waals surface area contributed by atoms with Crippen molar-refractivity contribution in [3.63, 3.8) is 0 Å². The van der Waals surface area contributed by atoms with E-state index in [4.69, 9.17) is 9.47 Å². The van der Waals surface area contributed by atoms with E-state index >= 15 is 0 Å². The fourth-order valence-corrected chi connectivity index (χ4v) is 1.08. The molecule has 0 unspecified atom stereocenters. The topological polar surface area (TPSA) is 38.8 Å². The first-order valence-corrected chi connectivity index (χ1v) is 5.27. The van der Waals surface area contributed by atoms with E-state index in [0.29, 0.717) is 13.2 Å². The Balaban J connectivity index is 0.00000289. The lowest BCUT2D eigenvalue weighted by Gasteiger charge is -2.10. The normalized spacial score (nSPS) is 9.78. The molecule has 0 N–H and O–H groups in total. The molecule has 0 aliphatic rings. The lowest BCUT2D eigenvalue weighted by molar-refractivity contribution is -0.146. The van der Waals surface area contributed by atoms with Gasteiger partial charge in [0.15, 0.2) is 18.2 Å². The molecule has 0 amide bonds. The molecule has 0 radical (unpaired) electrons. The zero-order valence-corrected chi connectivity index (χ0v) is 11.1. The second-order valence-electron chi connectivity index (χ2n) is 3.74. The van der Waals surface area contributed by atoms with Crippen molar-refractivity contribution >= 4 is 5.97 Å². The minimum absolute atomic E-state index is 0. The Morgan fingerprint density at radius 3 is 2.61 bits per heavy atom. The van der Waals surface area contributed by atoms with Crippen LogP contribution in [0.1, 0.15) is 0 Å². The molecule has 1 aromatic rings. The first kappa shape index (κ1) is 16.7. The molecule has 0 atom stereocenters. The number of likely N-dealkylation sites (N-methyl/N-ethyl adjacent to an activating group) is 1. The fraction of sp³-hybridized carbons (Fsp3) is 0.417. The first-order chi connectivity index (χ1) is 8.09. The third-order valence-corrected chi connectivity index (χ3v) is 1.98. The molecule has 0 aromatic heterocycles. The minimum atomic E-state index is -0.505. The van der Waals surface area contributed by atoms with Crippen LogP contribution in [0.5, 0.6) is 5.75 Å². The zero-order valence-electron chi connectivity index (χ0n) is 10.4. The van der Waals surface area contributed by atoms with Gasteiger partial charge < -0.3 is 26.8 Å². The Morgan fingerprint density at radius 2 is 2.00 bits per heavy atom. The molecular formula is C12H16ClFNO3-. The first-order valence-electron chi connectivity index (χ1n) is 5.27. The molecule has 0 aliphatic heterocycles. The Kier molecular flexibility index (Phi) is 8.07. The predicted molar refractivity (Wildman–Crippen MR) is 61.4 cm³/mol. The predicted octanol–water partition coefficient (Wildman–Crippen LogP) is -1.69. The van der Waals surface area contributed by atoms with Crippen molar-refractivity contribution in [2.45, 2.75) is 0 Å². The summed E-state index contributed by atoms with van der Waals surface area (Å²) >= 11 is 0. The monoisotopic (exact) mass is 276 g/mol. The van der Waals surface area contributed by atoms with Crippen molar-refractivity contribution in [3.8, 4) is 5.75 Å². The lowest BCUT2D eigenvalue weighted by Crippen LogP contribution is -3.00. The van der Waals surface area contributed by atoms with Crippen molar-refractivity contribution in [3.05, 3.63) is 30.1 Å². The maximum atomic E-state index is 13.1. The van der Waals surface area contributed by atoms with Crippen LogP contribution in [0.3, 0.4) is 0 Å². The summed E-state index contributed by atoms with van der Waals surface area (Å²) in [5.74, 6) is -0.944. The quantitative estimate of drug-likeness (QED) is 0.582. The fourth-order valence-electron chi connectivity index (χ4n) is 1.08. The number of nitrogens with zero attached hydrogens (tertiary/aromatic N) is 1. The largest absolute Gasteiger partial charge is 1.00 e. The van der Waals surface area contributed by atoms with E-state index in [2.05, 4.69) is 0 Å². The van der Waals surface area contributed by atoms with E-state index in [1.54, 1.807) is 12.1 Å². The van der Waals surface area contributed by atoms with Crippen molar-refractivity contribution in [2.75, 3.05) is 33.9 Å². The number of para-hydroxylation sites is 1. The number of carbonyl (C=O) groups is 1. The third kappa shape index (κ3) is 6.42. The SMILES string of the molecule is CN(C)CCOC(=O)COc1ccccc1F.[Cl-]. The van der Waals surface area contributed by atoms with Crippen molar-refractivity contribution in [2.24, 2.45) is 0 Å². The number of hydrogen-bond acceptors (Lipinski definition) is 4. The molecule has 102 valence electrons. The van der Waals surface area contributed by atoms with Crippen LogP contribution in [0.4, 0.5) is 4.39 Å². The highest BCUT2D eigenvalue weighted by atomic mass is 35.5. The standard InChI is InChI=1S/C12H16FNO3.ClH/c1-14(2)7-8-16-12(15)9-17-11-6-4-3-5-10(11)13;/h3-6H,7-9H2,1-2H3;1H/p-1. The summed E-state index contributed by atoms with van der Waals surface area (Å²) in [6, 6.07) is 5.92. The summed E-state index contributed by atoms with van der Waals surface area (Å²) in [5, 5.41) is 0. The molecule has 0 spiro atoms. The van der Waals surface area contributed by atoms with Gasteiger partial charge in [0.05, 0.1) is 0 Å². The number of carbonyl (C=O) groups excluding carboxylic acids is 1. The summed E-state index contributed by atoms with van der Waals surface area (Å²) in [5.41, 5.74) is 0. The van der Waals surface area contributed by atoms with Crippen LogP contribution in [0.2, 0.25) is 0 Å². The van der Waals surface area contributed by atoms with E-state index in [0.717, 1.165) is 0 Å². The average Bonchev–Trinajstić information content (AvgIpc) is 2.27. The van der Waals surface area contributed by atoms with Gasteiger partial charge in [-0.2, -0.15) is 0 Å². The van der Waals surface area contributed by atoms with Crippen LogP contribution in [-0.4, -0.2) is 44.7 Å². The molecule has 18 heavy (non-hydrogen) atoms. The number of hydrogen-bond donors (Lipinski definition) is 0. The number of ether oxygens (including phenoxy) is 2. The molecule has 0 saturated carbocycles. The number of esters is 1. The van der Waals surface area contributed by atoms with E-state index in [-0.39, 0.29) is 24.8 Å². The van der Waals surface area contributed by atoms with Crippen molar-refractivity contribution < 1.29 is 31.1 Å². The minimum Gasteiger partial charge on any atom is -1.00 e. The van der Waals surface area contributed by atoms with Gasteiger partial charge >= 0.3 is 5.97 Å². The Morgan fingerprint density at radius 1 is 1.33 bits per heavy atom. The van der Waals surface area contributed by atoms with E-state index in [1.165, 1.54) is 12.1 Å². The van der Waals surface area contributed by atoms with Crippen LogP contribution >= 0.6 is 0 Å². The number of halogens is 2. The van der Waals surface area contributed by atoms with Gasteiger partial charge in [0.25, 0.3) is 0 Å². The molecule has 1 rings (SSSR count). The van der Waals surface area contributed by atoms with Gasteiger partial charge in [-0.3, -0.25) is 0 Å². The maximum Gasteiger partial charge on any atom is 0.344 e. The third-order valence-electron chi connectivity index (χ3n) is 1.98. The Hall–Kier alpha value is -1.33. The van der Waals surface area contributed by atoms with Crippen LogP contribution in [0.25, 0.3) is 0 Å². The summed E-state index contributed by atoms with van der Waals surface area (Å²) < 4.78 is 23.0. The van der Waals surface area contributed by atoms with Gasteiger partial charge in [0.1, 0.15) is 6.61 Å². The molecule has 0 aliphatic carbocycles. The van der Waals surface area contributed by atoms with E-state index in [9.17, 15) is 9.18 Å². The molecule has 0 heterocycles. The van der Waals surface area contributed by atoms with E-state index in [1.807, 2.05) is 19.0 Å². The molecular weight excluding hydrogens is 261 g/mol. The summed E-state index contributed by atoms with van der Waals surface area (Å²) in [6.07, 6.45) is 0. The second kappa shape index (κ2) is 8.72. The number of rotatable bonds is 6. The van der Waals surface area contributed by atoms with Crippen LogP contribution in [0, 0.1) is 5.82 Å².